The highest BCUT2D eigenvalue weighted by Gasteiger charge is 2.23. The van der Waals surface area contributed by atoms with Gasteiger partial charge in [-0.2, -0.15) is 11.8 Å². The lowest BCUT2D eigenvalue weighted by Crippen LogP contribution is -2.30. The summed E-state index contributed by atoms with van der Waals surface area (Å²) in [6.07, 6.45) is 1.83. The minimum Gasteiger partial charge on any atom is -0.326 e. The summed E-state index contributed by atoms with van der Waals surface area (Å²) in [5.41, 5.74) is 5.54. The Balaban J connectivity index is 3.10. The number of sulfonamides is 1. The fourth-order valence-electron chi connectivity index (χ4n) is 1.32. The average molecular weight is 310 g/mol. The lowest BCUT2D eigenvalue weighted by Gasteiger charge is -2.12. The van der Waals surface area contributed by atoms with Crippen molar-refractivity contribution in [1.29, 1.82) is 0 Å². The van der Waals surface area contributed by atoms with Crippen molar-refractivity contribution < 1.29 is 17.2 Å². The van der Waals surface area contributed by atoms with Crippen molar-refractivity contribution in [3.63, 3.8) is 0 Å². The minimum absolute atomic E-state index is 0.0281. The van der Waals surface area contributed by atoms with Crippen LogP contribution in [0, 0.1) is 11.6 Å². The molecule has 8 heteroatoms. The Morgan fingerprint density at radius 2 is 2.05 bits per heavy atom. The third-order valence-corrected chi connectivity index (χ3v) is 4.94. The summed E-state index contributed by atoms with van der Waals surface area (Å²) in [4.78, 5) is -0.707. The Morgan fingerprint density at radius 1 is 1.42 bits per heavy atom. The molecule has 0 bridgehead atoms. The normalized spacial score (nSPS) is 13.5. The van der Waals surface area contributed by atoms with Gasteiger partial charge in [-0.15, -0.1) is 0 Å². The van der Waals surface area contributed by atoms with Crippen LogP contribution in [0.1, 0.15) is 12.5 Å². The Bertz CT molecular complexity index is 550. The molecule has 0 spiro atoms. The second kappa shape index (κ2) is 6.65. The maximum atomic E-state index is 13.6. The smallest absolute Gasteiger partial charge is 0.243 e. The molecule has 0 aliphatic heterocycles. The second-order valence-corrected chi connectivity index (χ2v) is 7.00. The molecule has 4 nitrogen and oxygen atoms in total. The molecule has 1 unspecified atom stereocenters. The van der Waals surface area contributed by atoms with Crippen LogP contribution in [0.3, 0.4) is 0 Å². The summed E-state index contributed by atoms with van der Waals surface area (Å²) in [6, 6.07) is 1.93. The number of hydrogen-bond donors (Lipinski definition) is 2. The number of benzene rings is 1. The Hall–Kier alpha value is -0.700. The molecule has 0 fully saturated rings. The van der Waals surface area contributed by atoms with Crippen LogP contribution < -0.4 is 10.5 Å². The van der Waals surface area contributed by atoms with Crippen molar-refractivity contribution in [3.05, 3.63) is 29.3 Å². The highest BCUT2D eigenvalue weighted by Crippen LogP contribution is 2.20. The Labute approximate surface area is 115 Å². The molecule has 1 rings (SSSR count). The van der Waals surface area contributed by atoms with E-state index in [1.54, 1.807) is 0 Å². The van der Waals surface area contributed by atoms with Gasteiger partial charge in [-0.1, -0.05) is 6.92 Å². The number of nitrogens with two attached hydrogens (primary N) is 1. The summed E-state index contributed by atoms with van der Waals surface area (Å²) in [5, 5.41) is 0.0281. The van der Waals surface area contributed by atoms with E-state index in [-0.39, 0.29) is 23.9 Å². The lowest BCUT2D eigenvalue weighted by molar-refractivity contribution is 0.481. The van der Waals surface area contributed by atoms with Crippen molar-refractivity contribution >= 4 is 21.8 Å². The summed E-state index contributed by atoms with van der Waals surface area (Å²) >= 11 is 1.46. The standard InChI is InChI=1S/C11H16F2N2O2S2/c1-7(18-2)6-15-19(16,17)10-4-8(5-14)3-9(12)11(10)13/h3-4,7,15H,5-6,14H2,1-2H3. The molecule has 1 aromatic carbocycles. The maximum absolute atomic E-state index is 13.6. The second-order valence-electron chi connectivity index (χ2n) is 3.99. The van der Waals surface area contributed by atoms with Gasteiger partial charge in [-0.3, -0.25) is 0 Å². The van der Waals surface area contributed by atoms with E-state index in [0.717, 1.165) is 12.1 Å². The topological polar surface area (TPSA) is 72.2 Å². The van der Waals surface area contributed by atoms with Crippen LogP contribution in [-0.2, 0) is 16.6 Å². The highest BCUT2D eigenvalue weighted by molar-refractivity contribution is 7.99. The largest absolute Gasteiger partial charge is 0.326 e. The first-order valence-corrected chi connectivity index (χ1v) is 8.29. The summed E-state index contributed by atoms with van der Waals surface area (Å²) in [5.74, 6) is -2.61. The van der Waals surface area contributed by atoms with Crippen LogP contribution in [-0.4, -0.2) is 26.5 Å². The average Bonchev–Trinajstić information content (AvgIpc) is 2.38. The molecule has 0 aliphatic carbocycles. The predicted molar refractivity (Wildman–Crippen MR) is 72.4 cm³/mol. The van der Waals surface area contributed by atoms with Crippen molar-refractivity contribution in [2.45, 2.75) is 23.6 Å². The molecule has 108 valence electrons. The molecule has 0 heterocycles. The SMILES string of the molecule is CSC(C)CNS(=O)(=O)c1cc(CN)cc(F)c1F. The van der Waals surface area contributed by atoms with Crippen molar-refractivity contribution in [1.82, 2.24) is 4.72 Å². The molecular weight excluding hydrogens is 294 g/mol. The van der Waals surface area contributed by atoms with Crippen LogP contribution in [0.4, 0.5) is 8.78 Å². The molecule has 19 heavy (non-hydrogen) atoms. The lowest BCUT2D eigenvalue weighted by atomic mass is 10.2. The number of rotatable bonds is 6. The quantitative estimate of drug-likeness (QED) is 0.834. The minimum atomic E-state index is -4.09. The van der Waals surface area contributed by atoms with E-state index in [1.807, 2.05) is 13.2 Å². The van der Waals surface area contributed by atoms with Crippen LogP contribution in [0.5, 0.6) is 0 Å². The number of hydrogen-bond acceptors (Lipinski definition) is 4. The fraction of sp³-hybridized carbons (Fsp3) is 0.455. The summed E-state index contributed by atoms with van der Waals surface area (Å²) < 4.78 is 53.0. The first kappa shape index (κ1) is 16.4. The van der Waals surface area contributed by atoms with Crippen LogP contribution in [0.25, 0.3) is 0 Å². The van der Waals surface area contributed by atoms with Crippen LogP contribution in [0.15, 0.2) is 17.0 Å². The number of nitrogens with one attached hydrogen (secondary N) is 1. The molecule has 0 saturated carbocycles. The van der Waals surface area contributed by atoms with Gasteiger partial charge < -0.3 is 5.73 Å². The van der Waals surface area contributed by atoms with Gasteiger partial charge >= 0.3 is 0 Å². The molecule has 0 saturated heterocycles. The van der Waals surface area contributed by atoms with Crippen molar-refractivity contribution in [3.8, 4) is 0 Å². The molecule has 0 aliphatic rings. The van der Waals surface area contributed by atoms with E-state index in [2.05, 4.69) is 4.72 Å². The molecule has 1 aromatic rings. The molecule has 0 radical (unpaired) electrons. The highest BCUT2D eigenvalue weighted by atomic mass is 32.2. The molecule has 3 N–H and O–H groups in total. The van der Waals surface area contributed by atoms with Gasteiger partial charge in [0.1, 0.15) is 4.90 Å². The van der Waals surface area contributed by atoms with E-state index in [4.69, 9.17) is 5.73 Å². The fourth-order valence-corrected chi connectivity index (χ4v) is 2.94. The van der Waals surface area contributed by atoms with E-state index in [0.29, 0.717) is 0 Å². The zero-order chi connectivity index (χ0) is 14.6. The number of halogens is 2. The maximum Gasteiger partial charge on any atom is 0.243 e. The predicted octanol–water partition coefficient (Wildman–Crippen LogP) is 1.45. The van der Waals surface area contributed by atoms with Crippen LogP contribution in [0.2, 0.25) is 0 Å². The first-order valence-electron chi connectivity index (χ1n) is 5.52. The van der Waals surface area contributed by atoms with Gasteiger partial charge in [0.05, 0.1) is 0 Å². The third-order valence-electron chi connectivity index (χ3n) is 2.54. The van der Waals surface area contributed by atoms with Crippen LogP contribution >= 0.6 is 11.8 Å². The van der Waals surface area contributed by atoms with E-state index in [1.165, 1.54) is 11.8 Å². The zero-order valence-corrected chi connectivity index (χ0v) is 12.2. The monoisotopic (exact) mass is 310 g/mol. The zero-order valence-electron chi connectivity index (χ0n) is 10.6. The Morgan fingerprint density at radius 3 is 2.58 bits per heavy atom. The number of thioether (sulfide) groups is 1. The molecule has 1 atom stereocenters. The molecule has 0 aromatic heterocycles. The van der Waals surface area contributed by atoms with Gasteiger partial charge in [0.15, 0.2) is 11.6 Å². The molecule has 0 amide bonds. The van der Waals surface area contributed by atoms with Crippen molar-refractivity contribution in [2.75, 3.05) is 12.8 Å². The van der Waals surface area contributed by atoms with E-state index in [9.17, 15) is 17.2 Å². The summed E-state index contributed by atoms with van der Waals surface area (Å²) in [6.45, 7) is 1.89. The van der Waals surface area contributed by atoms with Crippen molar-refractivity contribution in [2.24, 2.45) is 5.73 Å². The van der Waals surface area contributed by atoms with E-state index < -0.39 is 26.6 Å². The van der Waals surface area contributed by atoms with Gasteiger partial charge in [-0.25, -0.2) is 21.9 Å². The van der Waals surface area contributed by atoms with Gasteiger partial charge in [-0.05, 0) is 24.0 Å². The Kier molecular flexibility index (Phi) is 5.72. The van der Waals surface area contributed by atoms with Gasteiger partial charge in [0, 0.05) is 18.3 Å². The van der Waals surface area contributed by atoms with E-state index >= 15 is 0 Å². The van der Waals surface area contributed by atoms with Gasteiger partial charge in [0.25, 0.3) is 0 Å². The summed E-state index contributed by atoms with van der Waals surface area (Å²) in [7, 11) is -4.09. The molecular formula is C11H16F2N2O2S2. The first-order chi connectivity index (χ1) is 8.81. The van der Waals surface area contributed by atoms with Gasteiger partial charge in [0.2, 0.25) is 10.0 Å². The third kappa shape index (κ3) is 4.13.